The highest BCUT2D eigenvalue weighted by atomic mass is 28.3. The summed E-state index contributed by atoms with van der Waals surface area (Å²) in [5, 5.41) is 0. The third kappa shape index (κ3) is 6.86. The zero-order valence-electron chi connectivity index (χ0n) is 15.8. The number of benzene rings is 1. The van der Waals surface area contributed by atoms with E-state index in [4.69, 9.17) is 14.2 Å². The Morgan fingerprint density at radius 2 is 1.35 bits per heavy atom. The lowest BCUT2D eigenvalue weighted by atomic mass is 10.0. The minimum Gasteiger partial charge on any atom is -0.493 e. The molecule has 0 amide bonds. The van der Waals surface area contributed by atoms with E-state index in [1.54, 1.807) is 21.3 Å². The fourth-order valence-corrected chi connectivity index (χ4v) is 4.17. The van der Waals surface area contributed by atoms with Gasteiger partial charge in [-0.1, -0.05) is 57.4 Å². The normalized spacial score (nSPS) is 11.4. The van der Waals surface area contributed by atoms with Crippen LogP contribution in [-0.4, -0.2) is 29.4 Å². The Bertz CT molecular complexity index is 466. The Balaban J connectivity index is 2.43. The molecule has 0 radical (unpaired) electrons. The standard InChI is InChI=1S/C19H34O3Si/c1-20-17-14-13-16(18(21-2)19(17)22-3)12-10-8-7-9-11-15-23(4,5)6/h13-14H,7-12,15H2,1-6H3. The van der Waals surface area contributed by atoms with Crippen LogP contribution in [0.3, 0.4) is 0 Å². The van der Waals surface area contributed by atoms with Crippen molar-refractivity contribution in [2.75, 3.05) is 21.3 Å². The molecule has 0 heterocycles. The average molecular weight is 339 g/mol. The maximum atomic E-state index is 5.54. The van der Waals surface area contributed by atoms with E-state index in [2.05, 4.69) is 25.7 Å². The van der Waals surface area contributed by atoms with Gasteiger partial charge in [-0.2, -0.15) is 0 Å². The molecular formula is C19H34O3Si. The maximum absolute atomic E-state index is 5.54. The summed E-state index contributed by atoms with van der Waals surface area (Å²) in [5.74, 6) is 2.23. The molecule has 0 aromatic heterocycles. The first-order valence-electron chi connectivity index (χ1n) is 8.70. The molecule has 1 aromatic carbocycles. The highest BCUT2D eigenvalue weighted by molar-refractivity contribution is 6.76. The summed E-state index contributed by atoms with van der Waals surface area (Å²) in [6, 6.07) is 5.51. The van der Waals surface area contributed by atoms with Crippen LogP contribution < -0.4 is 14.2 Å². The largest absolute Gasteiger partial charge is 0.493 e. The first-order valence-corrected chi connectivity index (χ1v) is 12.4. The minimum absolute atomic E-state index is 0.697. The zero-order chi connectivity index (χ0) is 17.3. The Labute approximate surface area is 143 Å². The molecule has 0 saturated heterocycles. The second-order valence-electron chi connectivity index (χ2n) is 7.32. The monoisotopic (exact) mass is 338 g/mol. The number of methoxy groups -OCH3 is 3. The lowest BCUT2D eigenvalue weighted by Gasteiger charge is -2.16. The van der Waals surface area contributed by atoms with Gasteiger partial charge in [-0.15, -0.1) is 0 Å². The number of unbranched alkanes of at least 4 members (excludes halogenated alkanes) is 4. The molecule has 0 bridgehead atoms. The van der Waals surface area contributed by atoms with Gasteiger partial charge in [0.15, 0.2) is 11.5 Å². The van der Waals surface area contributed by atoms with Crippen molar-refractivity contribution in [1.29, 1.82) is 0 Å². The number of hydrogen-bond donors (Lipinski definition) is 0. The molecule has 0 N–H and O–H groups in total. The summed E-state index contributed by atoms with van der Waals surface area (Å²) in [6.45, 7) is 7.36. The summed E-state index contributed by atoms with van der Waals surface area (Å²) in [6.07, 6.45) is 7.60. The fourth-order valence-electron chi connectivity index (χ4n) is 2.86. The summed E-state index contributed by atoms with van der Waals surface area (Å²) in [5.41, 5.74) is 1.20. The minimum atomic E-state index is -0.853. The van der Waals surface area contributed by atoms with Gasteiger partial charge in [-0.25, -0.2) is 0 Å². The number of rotatable bonds is 11. The number of aryl methyl sites for hydroxylation is 1. The van der Waals surface area contributed by atoms with Gasteiger partial charge in [-0.3, -0.25) is 0 Å². The molecule has 1 aromatic rings. The van der Waals surface area contributed by atoms with Crippen LogP contribution in [0.15, 0.2) is 12.1 Å². The highest BCUT2D eigenvalue weighted by Crippen LogP contribution is 2.40. The SMILES string of the molecule is COc1ccc(CCCCCCC[Si](C)(C)C)c(OC)c1OC. The molecule has 0 aliphatic rings. The first-order chi connectivity index (χ1) is 10.9. The van der Waals surface area contributed by atoms with E-state index in [1.807, 2.05) is 6.07 Å². The van der Waals surface area contributed by atoms with Crippen LogP contribution in [0.25, 0.3) is 0 Å². The molecule has 132 valence electrons. The summed E-state index contributed by atoms with van der Waals surface area (Å²) in [7, 11) is 4.14. The van der Waals surface area contributed by atoms with Crippen LogP contribution in [-0.2, 0) is 6.42 Å². The average Bonchev–Trinajstić information content (AvgIpc) is 2.51. The molecule has 23 heavy (non-hydrogen) atoms. The molecule has 0 aliphatic carbocycles. The maximum Gasteiger partial charge on any atom is 0.203 e. The molecule has 4 heteroatoms. The van der Waals surface area contributed by atoms with E-state index in [0.717, 1.165) is 17.9 Å². The van der Waals surface area contributed by atoms with Crippen LogP contribution in [0.2, 0.25) is 25.7 Å². The molecule has 0 fully saturated rings. The molecule has 0 saturated carbocycles. The van der Waals surface area contributed by atoms with Gasteiger partial charge in [-0.05, 0) is 24.5 Å². The Morgan fingerprint density at radius 1 is 0.739 bits per heavy atom. The summed E-state index contributed by atoms with van der Waals surface area (Å²) >= 11 is 0. The third-order valence-corrected chi connectivity index (χ3v) is 6.01. The predicted molar refractivity (Wildman–Crippen MR) is 101 cm³/mol. The predicted octanol–water partition coefficient (Wildman–Crippen LogP) is 5.54. The number of hydrogen-bond acceptors (Lipinski definition) is 3. The lowest BCUT2D eigenvalue weighted by molar-refractivity contribution is 0.322. The smallest absolute Gasteiger partial charge is 0.203 e. The van der Waals surface area contributed by atoms with Crippen molar-refractivity contribution in [3.8, 4) is 17.2 Å². The second-order valence-corrected chi connectivity index (χ2v) is 12.9. The van der Waals surface area contributed by atoms with Gasteiger partial charge in [0.1, 0.15) is 0 Å². The molecular weight excluding hydrogens is 304 g/mol. The Morgan fingerprint density at radius 3 is 1.91 bits per heavy atom. The van der Waals surface area contributed by atoms with Gasteiger partial charge in [0.05, 0.1) is 21.3 Å². The van der Waals surface area contributed by atoms with Gasteiger partial charge in [0, 0.05) is 8.07 Å². The molecule has 0 aliphatic heterocycles. The van der Waals surface area contributed by atoms with E-state index in [0.29, 0.717) is 5.75 Å². The van der Waals surface area contributed by atoms with E-state index in [9.17, 15) is 0 Å². The summed E-state index contributed by atoms with van der Waals surface area (Å²) in [4.78, 5) is 0. The van der Waals surface area contributed by atoms with Crippen LogP contribution in [0.4, 0.5) is 0 Å². The van der Waals surface area contributed by atoms with Crippen molar-refractivity contribution >= 4 is 8.07 Å². The first kappa shape index (κ1) is 19.9. The van der Waals surface area contributed by atoms with Crippen molar-refractivity contribution in [1.82, 2.24) is 0 Å². The molecule has 0 atom stereocenters. The third-order valence-electron chi connectivity index (χ3n) is 4.16. The molecule has 1 rings (SSSR count). The van der Waals surface area contributed by atoms with Crippen LogP contribution in [0.1, 0.15) is 37.7 Å². The van der Waals surface area contributed by atoms with Crippen molar-refractivity contribution in [3.63, 3.8) is 0 Å². The molecule has 0 spiro atoms. The number of ether oxygens (including phenoxy) is 3. The van der Waals surface area contributed by atoms with Crippen molar-refractivity contribution in [3.05, 3.63) is 17.7 Å². The zero-order valence-corrected chi connectivity index (χ0v) is 16.8. The van der Waals surface area contributed by atoms with Gasteiger partial charge in [0.25, 0.3) is 0 Å². The van der Waals surface area contributed by atoms with Crippen molar-refractivity contribution < 1.29 is 14.2 Å². The van der Waals surface area contributed by atoms with E-state index in [1.165, 1.54) is 43.7 Å². The topological polar surface area (TPSA) is 27.7 Å². The van der Waals surface area contributed by atoms with Crippen molar-refractivity contribution in [2.45, 2.75) is 64.2 Å². The summed E-state index contributed by atoms with van der Waals surface area (Å²) < 4.78 is 16.3. The van der Waals surface area contributed by atoms with Gasteiger partial charge < -0.3 is 14.2 Å². The molecule has 0 unspecified atom stereocenters. The Kier molecular flexibility index (Phi) is 8.52. The highest BCUT2D eigenvalue weighted by Gasteiger charge is 2.15. The fraction of sp³-hybridized carbons (Fsp3) is 0.684. The van der Waals surface area contributed by atoms with Gasteiger partial charge in [0.2, 0.25) is 5.75 Å². The van der Waals surface area contributed by atoms with Crippen LogP contribution >= 0.6 is 0 Å². The quantitative estimate of drug-likeness (QED) is 0.391. The van der Waals surface area contributed by atoms with Crippen LogP contribution in [0.5, 0.6) is 17.2 Å². The van der Waals surface area contributed by atoms with Gasteiger partial charge >= 0.3 is 0 Å². The van der Waals surface area contributed by atoms with Crippen molar-refractivity contribution in [2.24, 2.45) is 0 Å². The van der Waals surface area contributed by atoms with E-state index >= 15 is 0 Å². The second kappa shape index (κ2) is 9.86. The van der Waals surface area contributed by atoms with Crippen LogP contribution in [0, 0.1) is 0 Å². The Hall–Kier alpha value is -1.16. The van der Waals surface area contributed by atoms with E-state index < -0.39 is 8.07 Å². The lowest BCUT2D eigenvalue weighted by Crippen LogP contribution is -2.18. The molecule has 3 nitrogen and oxygen atoms in total. The van der Waals surface area contributed by atoms with E-state index in [-0.39, 0.29) is 0 Å².